The summed E-state index contributed by atoms with van der Waals surface area (Å²) in [5.74, 6) is -0.817. The Morgan fingerprint density at radius 2 is 2.07 bits per heavy atom. The van der Waals surface area contributed by atoms with Gasteiger partial charge in [-0.05, 0) is 24.9 Å². The molecule has 0 radical (unpaired) electrons. The largest absolute Gasteiger partial charge is 0.480 e. The summed E-state index contributed by atoms with van der Waals surface area (Å²) in [4.78, 5) is 25.3. The van der Waals surface area contributed by atoms with Crippen molar-refractivity contribution in [1.82, 2.24) is 14.7 Å². The maximum atomic E-state index is 12.5. The molecule has 0 unspecified atom stereocenters. The summed E-state index contributed by atoms with van der Waals surface area (Å²) < 4.78 is 1.35. The highest BCUT2D eigenvalue weighted by atomic mass is 35.5. The van der Waals surface area contributed by atoms with E-state index in [4.69, 9.17) is 16.7 Å². The van der Waals surface area contributed by atoms with E-state index in [1.165, 1.54) is 4.68 Å². The zero-order chi connectivity index (χ0) is 19.4. The summed E-state index contributed by atoms with van der Waals surface area (Å²) in [6, 6.07) is 9.99. The first-order chi connectivity index (χ1) is 13.0. The van der Waals surface area contributed by atoms with E-state index < -0.39 is 5.97 Å². The maximum Gasteiger partial charge on any atom is 0.317 e. The van der Waals surface area contributed by atoms with E-state index in [2.05, 4.69) is 10.4 Å². The van der Waals surface area contributed by atoms with Gasteiger partial charge in [-0.3, -0.25) is 14.5 Å². The van der Waals surface area contributed by atoms with Gasteiger partial charge in [0.2, 0.25) is 0 Å². The molecule has 1 saturated carbocycles. The summed E-state index contributed by atoms with van der Waals surface area (Å²) in [6.07, 6.45) is 3.20. The summed E-state index contributed by atoms with van der Waals surface area (Å²) in [7, 11) is 0. The van der Waals surface area contributed by atoms with Gasteiger partial charge in [0.15, 0.2) is 0 Å². The monoisotopic (exact) mass is 390 g/mol. The van der Waals surface area contributed by atoms with Gasteiger partial charge in [-0.1, -0.05) is 48.9 Å². The van der Waals surface area contributed by atoms with Crippen molar-refractivity contribution < 1.29 is 9.90 Å². The molecule has 144 valence electrons. The highest BCUT2D eigenvalue weighted by molar-refractivity contribution is 6.32. The first kappa shape index (κ1) is 19.4. The van der Waals surface area contributed by atoms with Crippen LogP contribution in [0.4, 0.5) is 5.69 Å². The zero-order valence-corrected chi connectivity index (χ0v) is 15.9. The van der Waals surface area contributed by atoms with Gasteiger partial charge in [0.05, 0.1) is 25.0 Å². The SMILES string of the molecule is CCN(CC(=O)O)C1CC(Nc2cnn(Cc3ccccc3)c(=O)c2Cl)C1. The van der Waals surface area contributed by atoms with Crippen LogP contribution in [0.1, 0.15) is 25.3 Å². The zero-order valence-electron chi connectivity index (χ0n) is 15.1. The van der Waals surface area contributed by atoms with Crippen molar-refractivity contribution in [1.29, 1.82) is 0 Å². The van der Waals surface area contributed by atoms with Crippen molar-refractivity contribution in [2.75, 3.05) is 18.4 Å². The normalized spacial score (nSPS) is 18.9. The lowest BCUT2D eigenvalue weighted by atomic mass is 9.85. The second kappa shape index (κ2) is 8.54. The highest BCUT2D eigenvalue weighted by Crippen LogP contribution is 2.29. The molecule has 2 N–H and O–H groups in total. The molecule has 0 atom stereocenters. The standard InChI is InChI=1S/C19H23ClN4O3/c1-2-23(12-17(25)26)15-8-14(9-15)22-16-10-21-24(19(27)18(16)20)11-13-6-4-3-5-7-13/h3-7,10,14-15,22H,2,8-9,11-12H2,1H3,(H,25,26). The minimum absolute atomic E-state index is 0.0474. The number of hydrogen-bond donors (Lipinski definition) is 2. The van der Waals surface area contributed by atoms with Crippen molar-refractivity contribution in [2.24, 2.45) is 0 Å². The summed E-state index contributed by atoms with van der Waals surface area (Å²) in [5, 5.41) is 16.6. The summed E-state index contributed by atoms with van der Waals surface area (Å²) in [6.45, 7) is 3.07. The van der Waals surface area contributed by atoms with Gasteiger partial charge in [-0.2, -0.15) is 5.10 Å². The summed E-state index contributed by atoms with van der Waals surface area (Å²) >= 11 is 6.26. The highest BCUT2D eigenvalue weighted by Gasteiger charge is 2.34. The average Bonchev–Trinajstić information content (AvgIpc) is 2.62. The second-order valence-electron chi connectivity index (χ2n) is 6.74. The molecule has 0 saturated heterocycles. The van der Waals surface area contributed by atoms with Crippen molar-refractivity contribution >= 4 is 23.3 Å². The van der Waals surface area contributed by atoms with E-state index in [1.807, 2.05) is 42.2 Å². The Kier molecular flexibility index (Phi) is 6.13. The lowest BCUT2D eigenvalue weighted by molar-refractivity contribution is -0.139. The van der Waals surface area contributed by atoms with Crippen LogP contribution in [0.2, 0.25) is 5.02 Å². The quantitative estimate of drug-likeness (QED) is 0.719. The minimum atomic E-state index is -0.817. The average molecular weight is 391 g/mol. The van der Waals surface area contributed by atoms with Crippen LogP contribution < -0.4 is 10.9 Å². The van der Waals surface area contributed by atoms with Crippen molar-refractivity contribution in [2.45, 2.75) is 38.4 Å². The Labute approximate surface area is 162 Å². The van der Waals surface area contributed by atoms with Crippen molar-refractivity contribution in [3.05, 3.63) is 57.5 Å². The Hall–Kier alpha value is -2.38. The number of carbonyl (C=O) groups is 1. The van der Waals surface area contributed by atoms with Gasteiger partial charge in [-0.25, -0.2) is 4.68 Å². The van der Waals surface area contributed by atoms with Crippen LogP contribution in [0, 0.1) is 0 Å². The number of rotatable bonds is 8. The Morgan fingerprint density at radius 3 is 2.70 bits per heavy atom. The van der Waals surface area contributed by atoms with E-state index in [9.17, 15) is 9.59 Å². The van der Waals surface area contributed by atoms with E-state index in [0.717, 1.165) is 18.4 Å². The maximum absolute atomic E-state index is 12.5. The number of aromatic nitrogens is 2. The van der Waals surface area contributed by atoms with Gasteiger partial charge < -0.3 is 10.4 Å². The summed E-state index contributed by atoms with van der Waals surface area (Å²) in [5.41, 5.74) is 1.17. The number of carboxylic acids is 1. The Morgan fingerprint density at radius 1 is 1.37 bits per heavy atom. The first-order valence-corrected chi connectivity index (χ1v) is 9.37. The lowest BCUT2D eigenvalue weighted by Gasteiger charge is -2.42. The van der Waals surface area contributed by atoms with Gasteiger partial charge in [-0.15, -0.1) is 0 Å². The molecule has 1 aromatic carbocycles. The molecule has 0 spiro atoms. The molecule has 27 heavy (non-hydrogen) atoms. The van der Waals surface area contributed by atoms with Gasteiger partial charge in [0.25, 0.3) is 5.56 Å². The Balaban J connectivity index is 1.61. The molecular formula is C19H23ClN4O3. The third kappa shape index (κ3) is 4.67. The number of nitrogens with one attached hydrogen (secondary N) is 1. The third-order valence-corrected chi connectivity index (χ3v) is 5.26. The molecule has 0 amide bonds. The fourth-order valence-electron chi connectivity index (χ4n) is 3.33. The second-order valence-corrected chi connectivity index (χ2v) is 7.12. The number of halogens is 1. The van der Waals surface area contributed by atoms with Crippen LogP contribution in [0.25, 0.3) is 0 Å². The van der Waals surface area contributed by atoms with Crippen LogP contribution in [-0.4, -0.2) is 50.9 Å². The minimum Gasteiger partial charge on any atom is -0.480 e. The topological polar surface area (TPSA) is 87.5 Å². The molecule has 0 bridgehead atoms. The van der Waals surface area contributed by atoms with Crippen LogP contribution in [-0.2, 0) is 11.3 Å². The number of aliphatic carboxylic acids is 1. The molecule has 8 heteroatoms. The van der Waals surface area contributed by atoms with Crippen LogP contribution in [0.15, 0.2) is 41.3 Å². The molecule has 1 fully saturated rings. The smallest absolute Gasteiger partial charge is 0.317 e. The number of anilines is 1. The number of hydrogen-bond acceptors (Lipinski definition) is 5. The Bertz CT molecular complexity index is 850. The molecule has 3 rings (SSSR count). The van der Waals surface area contributed by atoms with Crippen LogP contribution in [0.3, 0.4) is 0 Å². The van der Waals surface area contributed by atoms with Gasteiger partial charge in [0, 0.05) is 12.1 Å². The van der Waals surface area contributed by atoms with Crippen LogP contribution >= 0.6 is 11.6 Å². The first-order valence-electron chi connectivity index (χ1n) is 8.99. The van der Waals surface area contributed by atoms with E-state index in [0.29, 0.717) is 18.8 Å². The molecular weight excluding hydrogens is 368 g/mol. The predicted molar refractivity (Wildman–Crippen MR) is 104 cm³/mol. The van der Waals surface area contributed by atoms with Crippen molar-refractivity contribution in [3.63, 3.8) is 0 Å². The molecule has 1 heterocycles. The molecule has 7 nitrogen and oxygen atoms in total. The van der Waals surface area contributed by atoms with E-state index in [-0.39, 0.29) is 29.2 Å². The van der Waals surface area contributed by atoms with Gasteiger partial charge in [0.1, 0.15) is 5.02 Å². The molecule has 1 aliphatic carbocycles. The molecule has 1 aliphatic rings. The molecule has 2 aromatic rings. The van der Waals surface area contributed by atoms with E-state index >= 15 is 0 Å². The van der Waals surface area contributed by atoms with Gasteiger partial charge >= 0.3 is 5.97 Å². The molecule has 0 aliphatic heterocycles. The lowest BCUT2D eigenvalue weighted by Crippen LogP contribution is -2.51. The number of likely N-dealkylation sites (N-methyl/N-ethyl adjacent to an activating group) is 1. The fraction of sp³-hybridized carbons (Fsp3) is 0.421. The number of benzene rings is 1. The molecule has 1 aromatic heterocycles. The third-order valence-electron chi connectivity index (χ3n) is 4.89. The fourth-order valence-corrected chi connectivity index (χ4v) is 3.53. The van der Waals surface area contributed by atoms with Crippen molar-refractivity contribution in [3.8, 4) is 0 Å². The predicted octanol–water partition coefficient (Wildman–Crippen LogP) is 2.29. The number of nitrogens with zero attached hydrogens (tertiary/aromatic N) is 3. The van der Waals surface area contributed by atoms with E-state index in [1.54, 1.807) is 6.20 Å². The van der Waals surface area contributed by atoms with Crippen LogP contribution in [0.5, 0.6) is 0 Å². The number of carboxylic acid groups (broad SMARTS) is 1.